The third-order valence-corrected chi connectivity index (χ3v) is 2.75. The molecular weight excluding hydrogens is 190 g/mol. The average Bonchev–Trinajstić information content (AvgIpc) is 2.25. The second-order valence-electron chi connectivity index (χ2n) is 2.74. The predicted molar refractivity (Wildman–Crippen MR) is 61.2 cm³/mol. The molecule has 2 rings (SSSR count). The molecule has 2 heteroatoms. The van der Waals surface area contributed by atoms with Gasteiger partial charge in [-0.25, -0.2) is 0 Å². The Morgan fingerprint density at radius 3 is 3.00 bits per heavy atom. The molecule has 14 heavy (non-hydrogen) atoms. The average molecular weight is 199 g/mol. The Labute approximate surface area is 88.3 Å². The van der Waals surface area contributed by atoms with Gasteiger partial charge in [0.1, 0.15) is 0 Å². The highest BCUT2D eigenvalue weighted by Gasteiger charge is 1.99. The van der Waals surface area contributed by atoms with Gasteiger partial charge in [-0.1, -0.05) is 24.0 Å². The van der Waals surface area contributed by atoms with Crippen LogP contribution in [0.5, 0.6) is 0 Å². The fourth-order valence-corrected chi connectivity index (χ4v) is 1.93. The van der Waals surface area contributed by atoms with Gasteiger partial charge >= 0.3 is 0 Å². The number of rotatable bonds is 0. The summed E-state index contributed by atoms with van der Waals surface area (Å²) in [6.07, 6.45) is 0. The maximum absolute atomic E-state index is 3.27. The highest BCUT2D eigenvalue weighted by Crippen LogP contribution is 2.26. The molecule has 0 radical (unpaired) electrons. The number of fused-ring (bicyclic) bond motifs is 1. The van der Waals surface area contributed by atoms with Crippen molar-refractivity contribution in [2.75, 3.05) is 17.6 Å². The molecule has 0 atom stereocenters. The Balaban J connectivity index is 2.27. The van der Waals surface area contributed by atoms with Crippen LogP contribution in [0.2, 0.25) is 0 Å². The molecule has 1 nitrogen and oxygen atoms in total. The van der Waals surface area contributed by atoms with Crippen LogP contribution in [0.25, 0.3) is 0 Å². The lowest BCUT2D eigenvalue weighted by Gasteiger charge is -2.08. The van der Waals surface area contributed by atoms with Gasteiger partial charge in [0.15, 0.2) is 0 Å². The van der Waals surface area contributed by atoms with Gasteiger partial charge in [-0.3, -0.25) is 0 Å². The Morgan fingerprint density at radius 1 is 1.14 bits per heavy atom. The zero-order valence-electron chi connectivity index (χ0n) is 7.63. The summed E-state index contributed by atoms with van der Waals surface area (Å²) in [6, 6.07) is 8.23. The van der Waals surface area contributed by atoms with Crippen molar-refractivity contribution in [2.45, 2.75) is 4.90 Å². The molecule has 1 aliphatic heterocycles. The van der Waals surface area contributed by atoms with Crippen LogP contribution in [0, 0.1) is 23.7 Å². The largest absolute Gasteiger partial charge is 0.373 e. The summed E-state index contributed by atoms with van der Waals surface area (Å²) in [5, 5.41) is 3.27. The molecule has 0 fully saturated rings. The zero-order chi connectivity index (χ0) is 9.64. The number of nitrogens with one attached hydrogen (secondary N) is 1. The first-order valence-electron chi connectivity index (χ1n) is 4.38. The van der Waals surface area contributed by atoms with Gasteiger partial charge in [-0.05, 0) is 24.0 Å². The van der Waals surface area contributed by atoms with Crippen molar-refractivity contribution in [1.29, 1.82) is 0 Å². The van der Waals surface area contributed by atoms with Gasteiger partial charge in [0.25, 0.3) is 0 Å². The molecule has 1 N–H and O–H groups in total. The van der Waals surface area contributed by atoms with Crippen molar-refractivity contribution in [2.24, 2.45) is 0 Å². The Kier molecular flexibility index (Phi) is 3.01. The molecule has 68 valence electrons. The third kappa shape index (κ3) is 2.25. The SMILES string of the molecule is C1#CCNc2ccccc2SCC#C1. The van der Waals surface area contributed by atoms with Gasteiger partial charge in [0.05, 0.1) is 12.3 Å². The Hall–Kier alpha value is -1.51. The summed E-state index contributed by atoms with van der Waals surface area (Å²) >= 11 is 1.74. The second-order valence-corrected chi connectivity index (χ2v) is 3.76. The van der Waals surface area contributed by atoms with Crippen molar-refractivity contribution in [1.82, 2.24) is 0 Å². The smallest absolute Gasteiger partial charge is 0.0776 e. The minimum Gasteiger partial charge on any atom is -0.373 e. The van der Waals surface area contributed by atoms with Gasteiger partial charge < -0.3 is 5.32 Å². The summed E-state index contributed by atoms with van der Waals surface area (Å²) < 4.78 is 0. The Morgan fingerprint density at radius 2 is 2.00 bits per heavy atom. The number of anilines is 1. The van der Waals surface area contributed by atoms with Crippen LogP contribution in [0.15, 0.2) is 29.2 Å². The van der Waals surface area contributed by atoms with Gasteiger partial charge in [-0.15, -0.1) is 11.8 Å². The summed E-state index contributed by atoms with van der Waals surface area (Å²) in [6.45, 7) is 0.659. The van der Waals surface area contributed by atoms with Crippen molar-refractivity contribution in [3.05, 3.63) is 24.3 Å². The zero-order valence-corrected chi connectivity index (χ0v) is 8.45. The second kappa shape index (κ2) is 4.65. The predicted octanol–water partition coefficient (Wildman–Crippen LogP) is 2.21. The standard InChI is InChI=1S/C12H9NS/c1-2-6-10-14-12-8-4-3-7-11(12)13-9-5-1/h3-4,7-8,13H,9-10H2. The lowest BCUT2D eigenvalue weighted by Crippen LogP contribution is -2.00. The molecule has 0 amide bonds. The molecule has 0 aromatic heterocycles. The lowest BCUT2D eigenvalue weighted by molar-refractivity contribution is 1.31. The molecule has 1 heterocycles. The van der Waals surface area contributed by atoms with E-state index in [0.29, 0.717) is 6.54 Å². The van der Waals surface area contributed by atoms with Crippen LogP contribution in [-0.4, -0.2) is 12.3 Å². The highest BCUT2D eigenvalue weighted by atomic mass is 32.2. The van der Waals surface area contributed by atoms with E-state index in [-0.39, 0.29) is 0 Å². The number of benzene rings is 1. The van der Waals surface area contributed by atoms with E-state index in [1.54, 1.807) is 11.8 Å². The summed E-state index contributed by atoms with van der Waals surface area (Å²) in [5.41, 5.74) is 1.15. The summed E-state index contributed by atoms with van der Waals surface area (Å²) in [5.74, 6) is 12.4. The lowest BCUT2D eigenvalue weighted by atomic mass is 10.3. The van der Waals surface area contributed by atoms with E-state index in [1.165, 1.54) is 4.90 Å². The van der Waals surface area contributed by atoms with Crippen LogP contribution in [0.1, 0.15) is 0 Å². The maximum atomic E-state index is 3.27. The molecular formula is C12H9NS. The number of hydrogen-bond donors (Lipinski definition) is 1. The van der Waals surface area contributed by atoms with Gasteiger partial charge in [0, 0.05) is 10.6 Å². The number of thioether (sulfide) groups is 1. The van der Waals surface area contributed by atoms with E-state index in [4.69, 9.17) is 0 Å². The van der Waals surface area contributed by atoms with E-state index in [2.05, 4.69) is 41.1 Å². The maximum Gasteiger partial charge on any atom is 0.0776 e. The highest BCUT2D eigenvalue weighted by molar-refractivity contribution is 7.99. The number of para-hydroxylation sites is 1. The molecule has 1 aromatic carbocycles. The first kappa shape index (κ1) is 9.06. The van der Waals surface area contributed by atoms with E-state index in [9.17, 15) is 0 Å². The van der Waals surface area contributed by atoms with E-state index in [0.717, 1.165) is 11.4 Å². The third-order valence-electron chi connectivity index (χ3n) is 1.79. The van der Waals surface area contributed by atoms with Crippen molar-refractivity contribution < 1.29 is 0 Å². The first-order chi connectivity index (χ1) is 6.97. The summed E-state index contributed by atoms with van der Waals surface area (Å²) in [4.78, 5) is 1.24. The molecule has 0 bridgehead atoms. The van der Waals surface area contributed by atoms with Crippen molar-refractivity contribution in [3.63, 3.8) is 0 Å². The van der Waals surface area contributed by atoms with Crippen molar-refractivity contribution in [3.8, 4) is 23.7 Å². The molecule has 0 unspecified atom stereocenters. The minimum atomic E-state index is 0.659. The Bertz CT molecular complexity index is 400. The van der Waals surface area contributed by atoms with Gasteiger partial charge in [-0.2, -0.15) is 0 Å². The van der Waals surface area contributed by atoms with Crippen LogP contribution in [0.4, 0.5) is 5.69 Å². The topological polar surface area (TPSA) is 12.0 Å². The van der Waals surface area contributed by atoms with E-state index >= 15 is 0 Å². The fraction of sp³-hybridized carbons (Fsp3) is 0.167. The molecule has 0 saturated heterocycles. The molecule has 1 aromatic rings. The normalized spacial score (nSPS) is 13.4. The minimum absolute atomic E-state index is 0.659. The van der Waals surface area contributed by atoms with Crippen LogP contribution in [0.3, 0.4) is 0 Å². The van der Waals surface area contributed by atoms with Crippen LogP contribution in [-0.2, 0) is 0 Å². The van der Waals surface area contributed by atoms with Crippen LogP contribution >= 0.6 is 11.8 Å². The quantitative estimate of drug-likeness (QED) is 0.643. The number of hydrogen-bond acceptors (Lipinski definition) is 2. The van der Waals surface area contributed by atoms with Crippen molar-refractivity contribution >= 4 is 17.4 Å². The molecule has 0 spiro atoms. The molecule has 0 aliphatic carbocycles. The van der Waals surface area contributed by atoms with Gasteiger partial charge in [0.2, 0.25) is 0 Å². The molecule has 0 saturated carbocycles. The van der Waals surface area contributed by atoms with Crippen LogP contribution < -0.4 is 5.32 Å². The summed E-state index contributed by atoms with van der Waals surface area (Å²) in [7, 11) is 0. The first-order valence-corrected chi connectivity index (χ1v) is 5.37. The molecule has 1 aliphatic rings. The fourth-order valence-electron chi connectivity index (χ4n) is 1.16. The monoisotopic (exact) mass is 199 g/mol. The van der Waals surface area contributed by atoms with E-state index in [1.807, 2.05) is 12.1 Å². The van der Waals surface area contributed by atoms with E-state index < -0.39 is 0 Å².